The Labute approximate surface area is 232 Å². The molecule has 0 radical (unpaired) electrons. The molecule has 4 fully saturated rings. The van der Waals surface area contributed by atoms with Gasteiger partial charge in [-0.15, -0.1) is 0 Å². The largest absolute Gasteiger partial charge is 0.481 e. The fraction of sp³-hybridized carbons (Fsp3) is 0.806. The Bertz CT molecular complexity index is 1060. The van der Waals surface area contributed by atoms with Crippen molar-refractivity contribution in [1.82, 2.24) is 5.32 Å². The zero-order valence-corrected chi connectivity index (χ0v) is 23.8. The van der Waals surface area contributed by atoms with Crippen LogP contribution in [0, 0.1) is 40.4 Å². The maximum Gasteiger partial charge on any atom is 0.306 e. The van der Waals surface area contributed by atoms with Crippen molar-refractivity contribution in [3.63, 3.8) is 0 Å². The molecule has 3 N–H and O–H groups in total. The van der Waals surface area contributed by atoms with Crippen LogP contribution in [0.5, 0.6) is 0 Å². The quantitative estimate of drug-likeness (QED) is 0.402. The molecule has 0 aromatic carbocycles. The number of carboxylic acids is 1. The first kappa shape index (κ1) is 28.3. The van der Waals surface area contributed by atoms with E-state index in [0.717, 1.165) is 63.5 Å². The van der Waals surface area contributed by atoms with Crippen molar-refractivity contribution in [1.29, 1.82) is 0 Å². The lowest BCUT2D eigenvalue weighted by molar-refractivity contribution is -0.159. The molecule has 0 aromatic heterocycles. The number of allylic oxidation sites excluding steroid dienone is 2. The molecule has 5 aliphatic rings. The van der Waals surface area contributed by atoms with Crippen LogP contribution >= 0.6 is 0 Å². The van der Waals surface area contributed by atoms with E-state index in [0.29, 0.717) is 49.5 Å². The highest BCUT2D eigenvalue weighted by Crippen LogP contribution is 2.67. The van der Waals surface area contributed by atoms with E-state index in [1.54, 1.807) is 6.92 Å². The first-order chi connectivity index (χ1) is 18.5. The standard InChI is InChI=1S/C31H46N2O6/c1-19(34)31(38)15-12-26-24-9-8-22-16-23(10-13-29(22,2)25(24)11-14-30(26,31)3)33-39-18-27(35)32-17-20-4-6-21(7-5-20)28(36)37/h16,20-21,24-26,38H,4-15,17-18H2,1-3H3,(H,32,35)(H,36,37)/b33-23+/t20?,21?,24-,25+,26+,29+,30+,31+/m1/s1. The summed E-state index contributed by atoms with van der Waals surface area (Å²) < 4.78 is 0. The van der Waals surface area contributed by atoms with Crippen molar-refractivity contribution >= 4 is 23.4 Å². The SMILES string of the molecule is CC(=O)[C@@]1(O)CC[C@H]2[C@@H]3CCC4=C/C(=N/OCC(=O)NCC5CCC(C(=O)O)CC5)CC[C@]4(C)[C@H]3CC[C@@]21C. The smallest absolute Gasteiger partial charge is 0.306 e. The molecule has 8 heteroatoms. The van der Waals surface area contributed by atoms with Gasteiger partial charge in [0.2, 0.25) is 0 Å². The molecule has 4 saturated carbocycles. The predicted molar refractivity (Wildman–Crippen MR) is 147 cm³/mol. The van der Waals surface area contributed by atoms with E-state index in [2.05, 4.69) is 30.4 Å². The maximum atomic E-state index is 12.5. The number of nitrogens with zero attached hydrogens (tertiary/aromatic N) is 1. The number of oxime groups is 1. The molecular formula is C31H46N2O6. The second kappa shape index (κ2) is 10.6. The van der Waals surface area contributed by atoms with E-state index < -0.39 is 11.6 Å². The molecule has 6 atom stereocenters. The summed E-state index contributed by atoms with van der Waals surface area (Å²) in [5.74, 6) is 0.599. The van der Waals surface area contributed by atoms with Crippen LogP contribution < -0.4 is 5.32 Å². The van der Waals surface area contributed by atoms with Gasteiger partial charge >= 0.3 is 5.97 Å². The Morgan fingerprint density at radius 3 is 2.41 bits per heavy atom. The molecule has 5 rings (SSSR count). The van der Waals surface area contributed by atoms with Gasteiger partial charge in [-0.3, -0.25) is 14.4 Å². The average Bonchev–Trinajstić information content (AvgIpc) is 3.19. The number of fused-ring (bicyclic) bond motifs is 5. The van der Waals surface area contributed by atoms with Crippen molar-refractivity contribution in [2.45, 2.75) is 103 Å². The third-order valence-electron chi connectivity index (χ3n) is 11.9. The normalized spacial score (nSPS) is 42.5. The molecular weight excluding hydrogens is 496 g/mol. The van der Waals surface area contributed by atoms with E-state index in [9.17, 15) is 19.5 Å². The molecule has 0 bridgehead atoms. The number of Topliss-reactive ketones (excluding diaryl/α,β-unsaturated/α-hetero) is 1. The molecule has 0 unspecified atom stereocenters. The second-order valence-corrected chi connectivity index (χ2v) is 13.6. The number of ketones is 1. The first-order valence-corrected chi connectivity index (χ1v) is 15.1. The number of carbonyl (C=O) groups excluding carboxylic acids is 2. The minimum atomic E-state index is -1.17. The van der Waals surface area contributed by atoms with Gasteiger partial charge in [-0.05, 0) is 119 Å². The number of amides is 1. The lowest BCUT2D eigenvalue weighted by atomic mass is 9.46. The van der Waals surface area contributed by atoms with E-state index >= 15 is 0 Å². The molecule has 8 nitrogen and oxygen atoms in total. The monoisotopic (exact) mass is 542 g/mol. The van der Waals surface area contributed by atoms with Crippen LogP contribution in [0.1, 0.15) is 97.8 Å². The highest BCUT2D eigenvalue weighted by Gasteiger charge is 2.65. The lowest BCUT2D eigenvalue weighted by Crippen LogP contribution is -2.57. The van der Waals surface area contributed by atoms with Crippen molar-refractivity contribution in [2.75, 3.05) is 13.2 Å². The summed E-state index contributed by atoms with van der Waals surface area (Å²) in [6, 6.07) is 0. The zero-order chi connectivity index (χ0) is 28.0. The van der Waals surface area contributed by atoms with Gasteiger partial charge in [0.15, 0.2) is 12.4 Å². The Morgan fingerprint density at radius 1 is 1.00 bits per heavy atom. The number of hydrogen-bond acceptors (Lipinski definition) is 6. The average molecular weight is 543 g/mol. The van der Waals surface area contributed by atoms with Gasteiger partial charge in [-0.2, -0.15) is 0 Å². The van der Waals surface area contributed by atoms with Gasteiger partial charge in [-0.25, -0.2) is 0 Å². The van der Waals surface area contributed by atoms with Gasteiger partial charge in [0.05, 0.1) is 11.6 Å². The molecule has 39 heavy (non-hydrogen) atoms. The van der Waals surface area contributed by atoms with Crippen LogP contribution in [0.15, 0.2) is 16.8 Å². The fourth-order valence-electron chi connectivity index (χ4n) is 9.33. The van der Waals surface area contributed by atoms with E-state index in [1.165, 1.54) is 5.57 Å². The Kier molecular flexibility index (Phi) is 7.72. The number of nitrogens with one attached hydrogen (secondary N) is 1. The highest BCUT2D eigenvalue weighted by atomic mass is 16.6. The summed E-state index contributed by atoms with van der Waals surface area (Å²) in [6.45, 7) is 6.57. The number of hydrogen-bond donors (Lipinski definition) is 3. The molecule has 216 valence electrons. The molecule has 0 aromatic rings. The van der Waals surface area contributed by atoms with E-state index in [1.807, 2.05) is 0 Å². The molecule has 5 aliphatic carbocycles. The fourth-order valence-corrected chi connectivity index (χ4v) is 9.33. The number of rotatable bonds is 7. The summed E-state index contributed by atoms with van der Waals surface area (Å²) >= 11 is 0. The topological polar surface area (TPSA) is 125 Å². The van der Waals surface area contributed by atoms with Crippen molar-refractivity contribution in [2.24, 2.45) is 45.6 Å². The van der Waals surface area contributed by atoms with Gasteiger partial charge in [0.25, 0.3) is 5.91 Å². The molecule has 0 spiro atoms. The van der Waals surface area contributed by atoms with Crippen molar-refractivity contribution < 1.29 is 29.4 Å². The number of aliphatic hydroxyl groups is 1. The minimum Gasteiger partial charge on any atom is -0.481 e. The zero-order valence-electron chi connectivity index (χ0n) is 23.8. The van der Waals surface area contributed by atoms with Crippen molar-refractivity contribution in [3.8, 4) is 0 Å². The Balaban J connectivity index is 1.14. The molecule has 0 heterocycles. The van der Waals surface area contributed by atoms with E-state index in [4.69, 9.17) is 9.94 Å². The highest BCUT2D eigenvalue weighted by molar-refractivity contribution is 5.96. The number of carbonyl (C=O) groups is 3. The van der Waals surface area contributed by atoms with Gasteiger partial charge in [-0.1, -0.05) is 24.6 Å². The first-order valence-electron chi connectivity index (χ1n) is 15.1. The predicted octanol–water partition coefficient (Wildman–Crippen LogP) is 4.65. The van der Waals surface area contributed by atoms with Gasteiger partial charge in [0.1, 0.15) is 5.60 Å². The summed E-state index contributed by atoms with van der Waals surface area (Å²) in [6.07, 6.45) is 12.6. The van der Waals surface area contributed by atoms with Crippen LogP contribution in [0.3, 0.4) is 0 Å². The molecule has 0 saturated heterocycles. The second-order valence-electron chi connectivity index (χ2n) is 13.6. The van der Waals surface area contributed by atoms with Crippen LogP contribution in [0.25, 0.3) is 0 Å². The lowest BCUT2D eigenvalue weighted by Gasteiger charge is -2.59. The number of carboxylic acid groups (broad SMARTS) is 1. The third kappa shape index (κ3) is 4.95. The van der Waals surface area contributed by atoms with Crippen LogP contribution in [0.2, 0.25) is 0 Å². The van der Waals surface area contributed by atoms with E-state index in [-0.39, 0.29) is 35.0 Å². The number of aliphatic carboxylic acids is 1. The van der Waals surface area contributed by atoms with Crippen molar-refractivity contribution in [3.05, 3.63) is 11.6 Å². The summed E-state index contributed by atoms with van der Waals surface area (Å²) in [7, 11) is 0. The maximum absolute atomic E-state index is 12.5. The van der Waals surface area contributed by atoms with Gasteiger partial charge in [0, 0.05) is 12.0 Å². The third-order valence-corrected chi connectivity index (χ3v) is 11.9. The van der Waals surface area contributed by atoms with Gasteiger partial charge < -0.3 is 20.4 Å². The van der Waals surface area contributed by atoms with Crippen LogP contribution in [-0.2, 0) is 19.2 Å². The molecule has 0 aliphatic heterocycles. The Hall–Kier alpha value is -2.22. The summed E-state index contributed by atoms with van der Waals surface area (Å²) in [5.41, 5.74) is 0.952. The summed E-state index contributed by atoms with van der Waals surface area (Å²) in [4.78, 5) is 41.3. The van der Waals surface area contributed by atoms with Crippen LogP contribution in [0.4, 0.5) is 0 Å². The Morgan fingerprint density at radius 2 is 1.72 bits per heavy atom. The summed E-state index contributed by atoms with van der Waals surface area (Å²) in [5, 5.41) is 27.7. The minimum absolute atomic E-state index is 0.0661. The molecule has 1 amide bonds. The van der Waals surface area contributed by atoms with Crippen LogP contribution in [-0.4, -0.2) is 52.3 Å².